The topological polar surface area (TPSA) is 17.8 Å². The molecule has 0 aromatic carbocycles. The van der Waals surface area contributed by atoms with Gasteiger partial charge in [-0.1, -0.05) is 0 Å². The van der Waals surface area contributed by atoms with Crippen molar-refractivity contribution in [1.82, 2.24) is 9.78 Å². The smallest absolute Gasteiger partial charge is 0.189 e. The van der Waals surface area contributed by atoms with Crippen LogP contribution in [-0.4, -0.2) is 9.78 Å². The van der Waals surface area contributed by atoms with Crippen molar-refractivity contribution in [3.63, 3.8) is 0 Å². The number of rotatable bonds is 1. The Balaban J connectivity index is 3.05. The maximum absolute atomic E-state index is 12.6. The Morgan fingerprint density at radius 3 is 2.40 bits per heavy atom. The Hall–Kier alpha value is -0.860. The highest BCUT2D eigenvalue weighted by Crippen LogP contribution is 2.12. The number of hydrogen-bond acceptors (Lipinski definition) is 1. The maximum Gasteiger partial charge on any atom is 0.189 e. The SMILES string of the molecule is Cc1cnn(C(C)F)c1C. The first kappa shape index (κ1) is 7.25. The van der Waals surface area contributed by atoms with Crippen molar-refractivity contribution in [2.45, 2.75) is 27.1 Å². The van der Waals surface area contributed by atoms with Gasteiger partial charge in [0.1, 0.15) is 0 Å². The second-order valence-corrected chi connectivity index (χ2v) is 2.43. The van der Waals surface area contributed by atoms with E-state index in [2.05, 4.69) is 5.10 Å². The van der Waals surface area contributed by atoms with Gasteiger partial charge in [0.25, 0.3) is 0 Å². The van der Waals surface area contributed by atoms with Gasteiger partial charge in [0, 0.05) is 5.69 Å². The van der Waals surface area contributed by atoms with Crippen LogP contribution in [0.15, 0.2) is 6.20 Å². The lowest BCUT2D eigenvalue weighted by Gasteiger charge is -2.03. The van der Waals surface area contributed by atoms with E-state index in [-0.39, 0.29) is 0 Å². The minimum atomic E-state index is -1.02. The van der Waals surface area contributed by atoms with Crippen molar-refractivity contribution in [2.75, 3.05) is 0 Å². The minimum absolute atomic E-state index is 0.898. The highest BCUT2D eigenvalue weighted by Gasteiger charge is 2.06. The zero-order valence-electron chi connectivity index (χ0n) is 6.43. The van der Waals surface area contributed by atoms with Crippen LogP contribution in [0.2, 0.25) is 0 Å². The standard InChI is InChI=1S/C7H11FN2/c1-5-4-9-10(6(5)2)7(3)8/h4,7H,1-3H3. The normalized spacial score (nSPS) is 13.6. The van der Waals surface area contributed by atoms with E-state index in [4.69, 9.17) is 0 Å². The Bertz CT molecular complexity index is 228. The third-order valence-electron chi connectivity index (χ3n) is 1.63. The predicted molar refractivity (Wildman–Crippen MR) is 37.5 cm³/mol. The lowest BCUT2D eigenvalue weighted by molar-refractivity contribution is 0.241. The molecule has 1 aromatic rings. The van der Waals surface area contributed by atoms with Gasteiger partial charge < -0.3 is 0 Å². The molecule has 56 valence electrons. The molecular formula is C7H11FN2. The van der Waals surface area contributed by atoms with Crippen LogP contribution in [0, 0.1) is 13.8 Å². The molecule has 3 heteroatoms. The number of aryl methyl sites for hydroxylation is 1. The number of nitrogens with zero attached hydrogens (tertiary/aromatic N) is 2. The zero-order valence-corrected chi connectivity index (χ0v) is 6.43. The summed E-state index contributed by atoms with van der Waals surface area (Å²) in [6.45, 7) is 5.25. The monoisotopic (exact) mass is 142 g/mol. The Labute approximate surface area is 59.7 Å². The maximum atomic E-state index is 12.6. The first-order valence-electron chi connectivity index (χ1n) is 3.27. The van der Waals surface area contributed by atoms with Crippen LogP contribution in [0.1, 0.15) is 24.5 Å². The van der Waals surface area contributed by atoms with E-state index in [9.17, 15) is 4.39 Å². The molecule has 0 fully saturated rings. The summed E-state index contributed by atoms with van der Waals surface area (Å²) in [5.74, 6) is 0. The molecule has 1 unspecified atom stereocenters. The Morgan fingerprint density at radius 2 is 2.20 bits per heavy atom. The molecule has 0 saturated carbocycles. The second-order valence-electron chi connectivity index (χ2n) is 2.43. The van der Waals surface area contributed by atoms with Gasteiger partial charge in [-0.3, -0.25) is 0 Å². The Morgan fingerprint density at radius 1 is 1.60 bits per heavy atom. The molecule has 1 heterocycles. The van der Waals surface area contributed by atoms with Crippen molar-refractivity contribution >= 4 is 0 Å². The summed E-state index contributed by atoms with van der Waals surface area (Å²) in [5, 5.41) is 3.86. The summed E-state index contributed by atoms with van der Waals surface area (Å²) in [6.07, 6.45) is 0.652. The lowest BCUT2D eigenvalue weighted by atomic mass is 10.3. The first-order valence-corrected chi connectivity index (χ1v) is 3.27. The van der Waals surface area contributed by atoms with Crippen molar-refractivity contribution in [2.24, 2.45) is 0 Å². The summed E-state index contributed by atoms with van der Waals surface area (Å²) in [6, 6.07) is 0. The molecule has 0 aliphatic carbocycles. The fourth-order valence-electron chi connectivity index (χ4n) is 0.868. The van der Waals surface area contributed by atoms with Crippen molar-refractivity contribution in [1.29, 1.82) is 0 Å². The van der Waals surface area contributed by atoms with Gasteiger partial charge in [0.15, 0.2) is 6.30 Å². The van der Waals surface area contributed by atoms with Gasteiger partial charge in [-0.25, -0.2) is 9.07 Å². The van der Waals surface area contributed by atoms with Crippen LogP contribution in [-0.2, 0) is 0 Å². The summed E-state index contributed by atoms with van der Waals surface area (Å²) in [4.78, 5) is 0. The van der Waals surface area contributed by atoms with E-state index < -0.39 is 6.30 Å². The molecule has 0 spiro atoms. The quantitative estimate of drug-likeness (QED) is 0.586. The van der Waals surface area contributed by atoms with E-state index in [1.807, 2.05) is 13.8 Å². The minimum Gasteiger partial charge on any atom is -0.236 e. The fraction of sp³-hybridized carbons (Fsp3) is 0.571. The molecule has 1 rings (SSSR count). The molecule has 0 aliphatic heterocycles. The fourth-order valence-corrected chi connectivity index (χ4v) is 0.868. The van der Waals surface area contributed by atoms with Gasteiger partial charge in [0.2, 0.25) is 0 Å². The van der Waals surface area contributed by atoms with E-state index in [0.717, 1.165) is 11.3 Å². The van der Waals surface area contributed by atoms with E-state index >= 15 is 0 Å². The average Bonchev–Trinajstić information content (AvgIpc) is 2.14. The van der Waals surface area contributed by atoms with Crippen LogP contribution in [0.25, 0.3) is 0 Å². The van der Waals surface area contributed by atoms with Crippen LogP contribution in [0.5, 0.6) is 0 Å². The van der Waals surface area contributed by atoms with Crippen LogP contribution in [0.3, 0.4) is 0 Å². The van der Waals surface area contributed by atoms with Gasteiger partial charge >= 0.3 is 0 Å². The van der Waals surface area contributed by atoms with Crippen LogP contribution in [0.4, 0.5) is 4.39 Å². The van der Waals surface area contributed by atoms with E-state index in [1.165, 1.54) is 11.6 Å². The molecule has 1 aromatic heterocycles. The predicted octanol–water partition coefficient (Wildman–Crippen LogP) is 1.99. The Kier molecular flexibility index (Phi) is 1.74. The average molecular weight is 142 g/mol. The van der Waals surface area contributed by atoms with Gasteiger partial charge in [0.05, 0.1) is 6.20 Å². The molecule has 10 heavy (non-hydrogen) atoms. The summed E-state index contributed by atoms with van der Waals surface area (Å²) in [5.41, 5.74) is 1.93. The van der Waals surface area contributed by atoms with Gasteiger partial charge in [-0.2, -0.15) is 5.10 Å². The number of alkyl halides is 1. The van der Waals surface area contributed by atoms with Gasteiger partial charge in [-0.05, 0) is 26.3 Å². The molecule has 0 radical (unpaired) electrons. The summed E-state index contributed by atoms with van der Waals surface area (Å²) in [7, 11) is 0. The highest BCUT2D eigenvalue weighted by molar-refractivity contribution is 5.13. The lowest BCUT2D eigenvalue weighted by Crippen LogP contribution is -2.03. The number of hydrogen-bond donors (Lipinski definition) is 0. The van der Waals surface area contributed by atoms with Crippen LogP contribution >= 0.6 is 0 Å². The number of aromatic nitrogens is 2. The molecular weight excluding hydrogens is 131 g/mol. The number of halogens is 1. The zero-order chi connectivity index (χ0) is 7.72. The third kappa shape index (κ3) is 1.03. The molecule has 0 saturated heterocycles. The van der Waals surface area contributed by atoms with E-state index in [0.29, 0.717) is 0 Å². The highest BCUT2D eigenvalue weighted by atomic mass is 19.1. The van der Waals surface area contributed by atoms with Crippen molar-refractivity contribution < 1.29 is 4.39 Å². The largest absolute Gasteiger partial charge is 0.236 e. The van der Waals surface area contributed by atoms with E-state index in [1.54, 1.807) is 6.20 Å². The van der Waals surface area contributed by atoms with Crippen molar-refractivity contribution in [3.8, 4) is 0 Å². The molecule has 0 aliphatic rings. The van der Waals surface area contributed by atoms with Gasteiger partial charge in [-0.15, -0.1) is 0 Å². The molecule has 0 bridgehead atoms. The molecule has 1 atom stereocenters. The molecule has 0 N–H and O–H groups in total. The molecule has 2 nitrogen and oxygen atoms in total. The second kappa shape index (κ2) is 2.40. The first-order chi connectivity index (χ1) is 4.63. The summed E-state index contributed by atoms with van der Waals surface area (Å²) < 4.78 is 14.0. The van der Waals surface area contributed by atoms with Crippen molar-refractivity contribution in [3.05, 3.63) is 17.5 Å². The molecule has 0 amide bonds. The summed E-state index contributed by atoms with van der Waals surface area (Å²) >= 11 is 0. The third-order valence-corrected chi connectivity index (χ3v) is 1.63. The van der Waals surface area contributed by atoms with Crippen LogP contribution < -0.4 is 0 Å².